The molecule has 8 heteroatoms. The van der Waals surface area contributed by atoms with Crippen LogP contribution in [0.2, 0.25) is 10.0 Å². The van der Waals surface area contributed by atoms with Crippen molar-refractivity contribution in [3.8, 4) is 0 Å². The molecule has 0 spiro atoms. The van der Waals surface area contributed by atoms with Gasteiger partial charge in [0.05, 0.1) is 6.54 Å². The van der Waals surface area contributed by atoms with Crippen molar-refractivity contribution in [2.24, 2.45) is 0 Å². The van der Waals surface area contributed by atoms with Crippen LogP contribution in [0, 0.1) is 0 Å². The van der Waals surface area contributed by atoms with E-state index in [-0.39, 0.29) is 0 Å². The van der Waals surface area contributed by atoms with Crippen molar-refractivity contribution in [1.29, 1.82) is 0 Å². The fraction of sp³-hybridized carbons (Fsp3) is 0.182. The first-order valence-corrected chi connectivity index (χ1v) is 6.57. The van der Waals surface area contributed by atoms with Gasteiger partial charge in [-0.05, 0) is 29.9 Å². The van der Waals surface area contributed by atoms with Crippen LogP contribution in [-0.2, 0) is 6.54 Å². The molecular weight excluding hydrogens is 305 g/mol. The van der Waals surface area contributed by atoms with Crippen LogP contribution in [-0.4, -0.2) is 26.9 Å². The second kappa shape index (κ2) is 6.18. The van der Waals surface area contributed by atoms with Gasteiger partial charge >= 0.3 is 0 Å². The fourth-order valence-corrected chi connectivity index (χ4v) is 1.98. The fourth-order valence-electron chi connectivity index (χ4n) is 1.42. The summed E-state index contributed by atoms with van der Waals surface area (Å²) >= 11 is 16.9. The highest BCUT2D eigenvalue weighted by molar-refractivity contribution is 7.80. The Labute approximate surface area is 125 Å². The van der Waals surface area contributed by atoms with Gasteiger partial charge in [-0.1, -0.05) is 29.3 Å². The second-order valence-electron chi connectivity index (χ2n) is 3.71. The van der Waals surface area contributed by atoms with Crippen LogP contribution in [0.25, 0.3) is 0 Å². The highest BCUT2D eigenvalue weighted by Crippen LogP contribution is 2.21. The number of hydrogen-bond acceptors (Lipinski definition) is 3. The number of thiocarbonyl (C=S) groups is 1. The van der Waals surface area contributed by atoms with Crippen LogP contribution in [0.5, 0.6) is 0 Å². The van der Waals surface area contributed by atoms with E-state index in [1.165, 1.54) is 0 Å². The first kappa shape index (κ1) is 14.0. The minimum atomic E-state index is 0.435. The van der Waals surface area contributed by atoms with Gasteiger partial charge in [0.2, 0.25) is 5.95 Å². The third-order valence-corrected chi connectivity index (χ3v) is 3.23. The summed E-state index contributed by atoms with van der Waals surface area (Å²) in [6.45, 7) is 0.511. The van der Waals surface area contributed by atoms with Gasteiger partial charge in [-0.15, -0.1) is 5.10 Å². The van der Waals surface area contributed by atoms with Crippen molar-refractivity contribution in [1.82, 2.24) is 20.1 Å². The Hall–Kier alpha value is -1.37. The summed E-state index contributed by atoms with van der Waals surface area (Å²) in [6.07, 6.45) is 1.60. The maximum absolute atomic E-state index is 6.10. The molecule has 0 aliphatic carbocycles. The lowest BCUT2D eigenvalue weighted by Gasteiger charge is -2.04. The average Bonchev–Trinajstić information content (AvgIpc) is 2.80. The molecule has 100 valence electrons. The first-order chi connectivity index (χ1) is 9.08. The Bertz CT molecular complexity index is 599. The zero-order chi connectivity index (χ0) is 13.8. The van der Waals surface area contributed by atoms with Crippen molar-refractivity contribution in [2.75, 3.05) is 12.4 Å². The number of anilines is 1. The topological polar surface area (TPSA) is 54.8 Å². The molecule has 0 amide bonds. The summed E-state index contributed by atoms with van der Waals surface area (Å²) < 4.78 is 1.66. The zero-order valence-corrected chi connectivity index (χ0v) is 12.4. The lowest BCUT2D eigenvalue weighted by Crippen LogP contribution is -2.24. The van der Waals surface area contributed by atoms with Crippen LogP contribution in [0.15, 0.2) is 24.5 Å². The summed E-state index contributed by atoms with van der Waals surface area (Å²) in [4.78, 5) is 4.09. The standard InChI is InChI=1S/C11H11Cl2N5S/c1-14-11(19)16-10-15-6-18(17-10)5-7-2-3-8(12)4-9(7)13/h2-4,6H,5H2,1H3,(H2,14,16,17,19). The summed E-state index contributed by atoms with van der Waals surface area (Å²) in [5.74, 6) is 0.435. The number of nitrogens with zero attached hydrogens (tertiary/aromatic N) is 3. The second-order valence-corrected chi connectivity index (χ2v) is 4.96. The Morgan fingerprint density at radius 2 is 2.21 bits per heavy atom. The highest BCUT2D eigenvalue weighted by atomic mass is 35.5. The molecule has 1 heterocycles. The molecular formula is C11H11Cl2N5S. The van der Waals surface area contributed by atoms with Crippen LogP contribution in [0.4, 0.5) is 5.95 Å². The number of benzene rings is 1. The minimum absolute atomic E-state index is 0.435. The predicted molar refractivity (Wildman–Crippen MR) is 80.9 cm³/mol. The Morgan fingerprint density at radius 1 is 1.42 bits per heavy atom. The van der Waals surface area contributed by atoms with Crippen molar-refractivity contribution >= 4 is 46.5 Å². The van der Waals surface area contributed by atoms with E-state index in [0.717, 1.165) is 5.56 Å². The SMILES string of the molecule is CNC(=S)Nc1ncn(Cc2ccc(Cl)cc2Cl)n1. The molecule has 0 aliphatic rings. The molecule has 0 unspecified atom stereocenters. The molecule has 1 aromatic heterocycles. The van der Waals surface area contributed by atoms with Crippen molar-refractivity contribution in [3.05, 3.63) is 40.1 Å². The Kier molecular flexibility index (Phi) is 4.57. The molecule has 0 bridgehead atoms. The van der Waals surface area contributed by atoms with E-state index < -0.39 is 0 Å². The Morgan fingerprint density at radius 3 is 2.89 bits per heavy atom. The third kappa shape index (κ3) is 3.79. The Balaban J connectivity index is 2.09. The summed E-state index contributed by atoms with van der Waals surface area (Å²) in [5, 5.41) is 11.5. The van der Waals surface area contributed by atoms with Gasteiger partial charge < -0.3 is 5.32 Å². The maximum atomic E-state index is 6.10. The largest absolute Gasteiger partial charge is 0.365 e. The molecule has 0 radical (unpaired) electrons. The number of rotatable bonds is 3. The maximum Gasteiger partial charge on any atom is 0.248 e. The number of nitrogens with one attached hydrogen (secondary N) is 2. The van der Waals surface area contributed by atoms with Gasteiger partial charge in [-0.3, -0.25) is 5.32 Å². The van der Waals surface area contributed by atoms with Crippen molar-refractivity contribution < 1.29 is 0 Å². The van der Waals surface area contributed by atoms with E-state index in [2.05, 4.69) is 20.7 Å². The molecule has 0 saturated heterocycles. The molecule has 1 aromatic carbocycles. The molecule has 2 rings (SSSR count). The van der Waals surface area contributed by atoms with Gasteiger partial charge in [0.25, 0.3) is 0 Å². The lowest BCUT2D eigenvalue weighted by atomic mass is 10.2. The van der Waals surface area contributed by atoms with Crippen LogP contribution < -0.4 is 10.6 Å². The smallest absolute Gasteiger partial charge is 0.248 e. The third-order valence-electron chi connectivity index (χ3n) is 2.34. The average molecular weight is 316 g/mol. The van der Waals surface area contributed by atoms with E-state index in [0.29, 0.717) is 27.7 Å². The van der Waals surface area contributed by atoms with E-state index >= 15 is 0 Å². The van der Waals surface area contributed by atoms with Crippen molar-refractivity contribution in [2.45, 2.75) is 6.54 Å². The van der Waals surface area contributed by atoms with Gasteiger partial charge in [-0.25, -0.2) is 9.67 Å². The summed E-state index contributed by atoms with van der Waals surface area (Å²) in [6, 6.07) is 5.34. The highest BCUT2D eigenvalue weighted by Gasteiger charge is 2.05. The van der Waals surface area contributed by atoms with E-state index in [1.54, 1.807) is 30.2 Å². The van der Waals surface area contributed by atoms with E-state index in [4.69, 9.17) is 35.4 Å². The van der Waals surface area contributed by atoms with Crippen molar-refractivity contribution in [3.63, 3.8) is 0 Å². The van der Waals surface area contributed by atoms with Crippen LogP contribution >= 0.6 is 35.4 Å². The van der Waals surface area contributed by atoms with Crippen LogP contribution in [0.1, 0.15) is 5.56 Å². The lowest BCUT2D eigenvalue weighted by molar-refractivity contribution is 0.687. The minimum Gasteiger partial charge on any atom is -0.365 e. The monoisotopic (exact) mass is 315 g/mol. The normalized spacial score (nSPS) is 10.3. The molecule has 0 atom stereocenters. The molecule has 5 nitrogen and oxygen atoms in total. The molecule has 2 N–H and O–H groups in total. The summed E-state index contributed by atoms with van der Waals surface area (Å²) in [7, 11) is 1.72. The molecule has 0 fully saturated rings. The zero-order valence-electron chi connectivity index (χ0n) is 10.0. The van der Waals surface area contributed by atoms with Gasteiger partial charge in [0.15, 0.2) is 5.11 Å². The van der Waals surface area contributed by atoms with E-state index in [9.17, 15) is 0 Å². The van der Waals surface area contributed by atoms with Gasteiger partial charge in [-0.2, -0.15) is 0 Å². The molecule has 0 saturated carbocycles. The number of halogens is 2. The van der Waals surface area contributed by atoms with Gasteiger partial charge in [0, 0.05) is 17.1 Å². The molecule has 19 heavy (non-hydrogen) atoms. The quantitative estimate of drug-likeness (QED) is 0.853. The van der Waals surface area contributed by atoms with E-state index in [1.807, 2.05) is 6.07 Å². The first-order valence-electron chi connectivity index (χ1n) is 5.40. The summed E-state index contributed by atoms with van der Waals surface area (Å²) in [5.41, 5.74) is 0.915. The number of aromatic nitrogens is 3. The van der Waals surface area contributed by atoms with Gasteiger partial charge in [0.1, 0.15) is 6.33 Å². The predicted octanol–water partition coefficient (Wildman–Crippen LogP) is 2.55. The number of hydrogen-bond donors (Lipinski definition) is 2. The molecule has 0 aliphatic heterocycles. The molecule has 2 aromatic rings. The van der Waals surface area contributed by atoms with Crippen LogP contribution in [0.3, 0.4) is 0 Å².